The molecule has 1 aromatic carbocycles. The largest absolute Gasteiger partial charge is 0.441 e. The first-order valence-corrected chi connectivity index (χ1v) is 12.8. The Morgan fingerprint density at radius 3 is 2.63 bits per heavy atom. The first-order chi connectivity index (χ1) is 17.1. The number of oxazole rings is 1. The van der Waals surface area contributed by atoms with Crippen LogP contribution in [0.25, 0.3) is 11.3 Å². The van der Waals surface area contributed by atoms with Gasteiger partial charge in [-0.05, 0) is 37.8 Å². The minimum absolute atomic E-state index is 0.213. The molecule has 1 unspecified atom stereocenters. The second-order valence-corrected chi connectivity index (χ2v) is 9.81. The van der Waals surface area contributed by atoms with Gasteiger partial charge in [0.15, 0.2) is 11.7 Å². The summed E-state index contributed by atoms with van der Waals surface area (Å²) in [6.07, 6.45) is 6.89. The van der Waals surface area contributed by atoms with Crippen molar-refractivity contribution in [2.24, 2.45) is 5.92 Å². The molecule has 0 radical (unpaired) electrons. The number of benzene rings is 1. The Morgan fingerprint density at radius 1 is 1.03 bits per heavy atom. The number of anilines is 1. The molecule has 5 rings (SSSR count). The molecule has 2 aliphatic heterocycles. The average molecular weight is 474 g/mol. The summed E-state index contributed by atoms with van der Waals surface area (Å²) >= 11 is 0. The molecule has 0 N–H and O–H groups in total. The van der Waals surface area contributed by atoms with E-state index in [1.165, 1.54) is 12.0 Å². The summed E-state index contributed by atoms with van der Waals surface area (Å²) in [7, 11) is 0. The fraction of sp³-hybridized carbons (Fsp3) is 0.464. The Kier molecular flexibility index (Phi) is 7.42. The quantitative estimate of drug-likeness (QED) is 0.516. The lowest BCUT2D eigenvalue weighted by Gasteiger charge is -2.39. The fourth-order valence-electron chi connectivity index (χ4n) is 5.16. The number of likely N-dealkylation sites (tertiary alicyclic amines) is 1. The summed E-state index contributed by atoms with van der Waals surface area (Å²) in [6.45, 7) is 8.97. The third-order valence-corrected chi connectivity index (χ3v) is 7.18. The Hall–Kier alpha value is -3.19. The van der Waals surface area contributed by atoms with Gasteiger partial charge in [0.2, 0.25) is 5.91 Å². The monoisotopic (exact) mass is 473 g/mol. The molecule has 1 atom stereocenters. The minimum atomic E-state index is 0.213. The third-order valence-electron chi connectivity index (χ3n) is 7.18. The van der Waals surface area contributed by atoms with Crippen LogP contribution in [0.4, 0.5) is 5.82 Å². The Bertz CT molecular complexity index is 1090. The number of carbonyl (C=O) groups excluding carboxylic acids is 1. The van der Waals surface area contributed by atoms with E-state index in [0.29, 0.717) is 24.7 Å². The van der Waals surface area contributed by atoms with Crippen LogP contribution in [-0.4, -0.2) is 71.5 Å². The molecule has 0 saturated carbocycles. The topological polar surface area (TPSA) is 65.7 Å². The van der Waals surface area contributed by atoms with Gasteiger partial charge >= 0.3 is 0 Å². The summed E-state index contributed by atoms with van der Waals surface area (Å²) in [5, 5.41) is 0. The van der Waals surface area contributed by atoms with Gasteiger partial charge in [-0.1, -0.05) is 35.9 Å². The van der Waals surface area contributed by atoms with Crippen molar-refractivity contribution in [2.75, 3.05) is 50.7 Å². The number of rotatable bonds is 7. The van der Waals surface area contributed by atoms with E-state index in [0.717, 1.165) is 69.4 Å². The lowest BCUT2D eigenvalue weighted by atomic mass is 9.96. The summed E-state index contributed by atoms with van der Waals surface area (Å²) < 4.78 is 5.91. The van der Waals surface area contributed by atoms with Crippen molar-refractivity contribution in [3.63, 3.8) is 0 Å². The molecule has 7 heteroatoms. The molecule has 184 valence electrons. The van der Waals surface area contributed by atoms with Crippen LogP contribution in [0.2, 0.25) is 0 Å². The number of piperazine rings is 1. The first-order valence-electron chi connectivity index (χ1n) is 12.8. The molecule has 2 aromatic heterocycles. The van der Waals surface area contributed by atoms with E-state index in [2.05, 4.69) is 49.8 Å². The Morgan fingerprint density at radius 2 is 1.86 bits per heavy atom. The maximum absolute atomic E-state index is 13.0. The van der Waals surface area contributed by atoms with Gasteiger partial charge in [0.1, 0.15) is 5.82 Å². The zero-order valence-corrected chi connectivity index (χ0v) is 20.6. The predicted molar refractivity (Wildman–Crippen MR) is 137 cm³/mol. The molecule has 7 nitrogen and oxygen atoms in total. The van der Waals surface area contributed by atoms with Gasteiger partial charge in [-0.2, -0.15) is 0 Å². The zero-order chi connectivity index (χ0) is 24.0. The molecule has 2 fully saturated rings. The van der Waals surface area contributed by atoms with Crippen molar-refractivity contribution in [2.45, 2.75) is 32.6 Å². The zero-order valence-electron chi connectivity index (χ0n) is 20.6. The molecular formula is C28H35N5O2. The summed E-state index contributed by atoms with van der Waals surface area (Å²) in [6, 6.07) is 14.3. The highest BCUT2D eigenvalue weighted by Crippen LogP contribution is 2.23. The van der Waals surface area contributed by atoms with Crippen LogP contribution in [0, 0.1) is 12.8 Å². The highest BCUT2D eigenvalue weighted by atomic mass is 16.4. The summed E-state index contributed by atoms with van der Waals surface area (Å²) in [5.74, 6) is 3.22. The fourth-order valence-corrected chi connectivity index (χ4v) is 5.16. The molecule has 1 amide bonds. The van der Waals surface area contributed by atoms with E-state index in [4.69, 9.17) is 4.42 Å². The predicted octanol–water partition coefficient (Wildman–Crippen LogP) is 4.04. The Labute approximate surface area is 207 Å². The van der Waals surface area contributed by atoms with Gasteiger partial charge in [0, 0.05) is 70.4 Å². The maximum atomic E-state index is 13.0. The van der Waals surface area contributed by atoms with E-state index in [1.54, 1.807) is 6.20 Å². The molecule has 3 aromatic rings. The van der Waals surface area contributed by atoms with Crippen molar-refractivity contribution >= 4 is 11.7 Å². The van der Waals surface area contributed by atoms with Crippen LogP contribution in [-0.2, 0) is 11.2 Å². The molecule has 4 heterocycles. The minimum Gasteiger partial charge on any atom is -0.441 e. The number of hydrogen-bond donors (Lipinski definition) is 0. The van der Waals surface area contributed by atoms with Crippen LogP contribution in [0.3, 0.4) is 0 Å². The molecular weight excluding hydrogens is 438 g/mol. The summed E-state index contributed by atoms with van der Waals surface area (Å²) in [4.78, 5) is 28.8. The van der Waals surface area contributed by atoms with Crippen molar-refractivity contribution in [1.82, 2.24) is 19.8 Å². The molecule has 2 saturated heterocycles. The van der Waals surface area contributed by atoms with Gasteiger partial charge in [-0.25, -0.2) is 9.97 Å². The second kappa shape index (κ2) is 11.0. The number of pyridine rings is 1. The van der Waals surface area contributed by atoms with E-state index in [1.807, 2.05) is 30.5 Å². The van der Waals surface area contributed by atoms with E-state index >= 15 is 0 Å². The number of aryl methyl sites for hydroxylation is 2. The van der Waals surface area contributed by atoms with Crippen LogP contribution >= 0.6 is 0 Å². The van der Waals surface area contributed by atoms with Gasteiger partial charge < -0.3 is 14.2 Å². The number of carbonyl (C=O) groups is 1. The molecule has 0 aliphatic carbocycles. The van der Waals surface area contributed by atoms with Crippen LogP contribution < -0.4 is 4.90 Å². The highest BCUT2D eigenvalue weighted by Gasteiger charge is 2.27. The molecule has 35 heavy (non-hydrogen) atoms. The van der Waals surface area contributed by atoms with Crippen molar-refractivity contribution in [3.05, 3.63) is 66.3 Å². The van der Waals surface area contributed by atoms with Crippen molar-refractivity contribution in [1.29, 1.82) is 0 Å². The van der Waals surface area contributed by atoms with E-state index in [-0.39, 0.29) is 5.91 Å². The highest BCUT2D eigenvalue weighted by molar-refractivity contribution is 5.76. The number of hydrogen-bond acceptors (Lipinski definition) is 6. The van der Waals surface area contributed by atoms with Crippen LogP contribution in [0.15, 0.2) is 59.3 Å². The number of piperidine rings is 1. The number of nitrogens with zero attached hydrogens (tertiary/aromatic N) is 5. The summed E-state index contributed by atoms with van der Waals surface area (Å²) in [5.41, 5.74) is 2.23. The van der Waals surface area contributed by atoms with Gasteiger partial charge in [0.25, 0.3) is 0 Å². The number of amides is 1. The standard InChI is InChI=1S/C28H35N5O2/c1-22-7-9-24(10-8-22)25-19-30-27(35-25)11-12-28(34)33-14-4-5-23(21-33)20-31-15-17-32(18-16-31)26-6-2-3-13-29-26/h2-3,6-10,13,19,23H,4-5,11-12,14-18,20-21H2,1H3. The molecule has 2 aliphatic rings. The number of aromatic nitrogens is 2. The first kappa shape index (κ1) is 23.5. The van der Waals surface area contributed by atoms with Gasteiger partial charge in [-0.15, -0.1) is 0 Å². The van der Waals surface area contributed by atoms with Crippen molar-refractivity contribution < 1.29 is 9.21 Å². The van der Waals surface area contributed by atoms with Crippen molar-refractivity contribution in [3.8, 4) is 11.3 Å². The Balaban J connectivity index is 1.07. The lowest BCUT2D eigenvalue weighted by Crippen LogP contribution is -2.50. The van der Waals surface area contributed by atoms with E-state index < -0.39 is 0 Å². The molecule has 0 spiro atoms. The third kappa shape index (κ3) is 6.09. The van der Waals surface area contributed by atoms with E-state index in [9.17, 15) is 4.79 Å². The lowest BCUT2D eigenvalue weighted by molar-refractivity contribution is -0.133. The maximum Gasteiger partial charge on any atom is 0.223 e. The SMILES string of the molecule is Cc1ccc(-c2cnc(CCC(=O)N3CCCC(CN4CCN(c5ccccn5)CC4)C3)o2)cc1. The second-order valence-electron chi connectivity index (χ2n) is 9.81. The smallest absolute Gasteiger partial charge is 0.223 e. The van der Waals surface area contributed by atoms with Crippen LogP contribution in [0.5, 0.6) is 0 Å². The van der Waals surface area contributed by atoms with Crippen LogP contribution in [0.1, 0.15) is 30.7 Å². The van der Waals surface area contributed by atoms with Gasteiger partial charge in [0.05, 0.1) is 6.20 Å². The molecule has 0 bridgehead atoms. The van der Waals surface area contributed by atoms with Gasteiger partial charge in [-0.3, -0.25) is 9.69 Å². The average Bonchev–Trinajstić information content (AvgIpc) is 3.38. The normalized spacial score (nSPS) is 19.2.